The van der Waals surface area contributed by atoms with E-state index in [1.165, 1.54) is 19.2 Å². The van der Waals surface area contributed by atoms with Crippen LogP contribution in [0.3, 0.4) is 0 Å². The van der Waals surface area contributed by atoms with Crippen molar-refractivity contribution in [2.24, 2.45) is 23.7 Å². The van der Waals surface area contributed by atoms with Gasteiger partial charge in [-0.2, -0.15) is 0 Å². The SMILES string of the molecule is COc1c(S(C)(=O)=O)ccc(C(=O)[C@@H]2C(=O)[C@H](C)[C@@H]3C[C@H]3C2=O)c1C. The first kappa shape index (κ1) is 17.8. The number of fused-ring (bicyclic) bond motifs is 1. The number of rotatable bonds is 4. The lowest BCUT2D eigenvalue weighted by Crippen LogP contribution is -2.41. The highest BCUT2D eigenvalue weighted by atomic mass is 32.2. The molecule has 0 heterocycles. The number of sulfone groups is 1. The fourth-order valence-corrected chi connectivity index (χ4v) is 4.70. The number of methoxy groups -OCH3 is 1. The minimum Gasteiger partial charge on any atom is -0.495 e. The number of ether oxygens (including phenoxy) is 1. The largest absolute Gasteiger partial charge is 0.495 e. The maximum absolute atomic E-state index is 12.9. The van der Waals surface area contributed by atoms with Gasteiger partial charge in [-0.05, 0) is 31.4 Å². The van der Waals surface area contributed by atoms with Crippen LogP contribution in [0.15, 0.2) is 17.0 Å². The number of carbonyl (C=O) groups excluding carboxylic acids is 3. The molecule has 0 N–H and O–H groups in total. The van der Waals surface area contributed by atoms with Crippen molar-refractivity contribution in [1.29, 1.82) is 0 Å². The summed E-state index contributed by atoms with van der Waals surface area (Å²) in [6.45, 7) is 3.32. The van der Waals surface area contributed by atoms with Gasteiger partial charge in [-0.1, -0.05) is 6.92 Å². The first-order chi connectivity index (χ1) is 11.6. The molecular formula is C18H20O6S. The molecule has 6 nitrogen and oxygen atoms in total. The lowest BCUT2D eigenvalue weighted by Gasteiger charge is -2.24. The first-order valence-corrected chi connectivity index (χ1v) is 9.98. The van der Waals surface area contributed by atoms with Crippen LogP contribution in [0.4, 0.5) is 0 Å². The molecule has 2 aliphatic carbocycles. The van der Waals surface area contributed by atoms with Gasteiger partial charge in [0.15, 0.2) is 27.2 Å². The summed E-state index contributed by atoms with van der Waals surface area (Å²) in [7, 11) is -2.22. The molecule has 0 amide bonds. The van der Waals surface area contributed by atoms with Gasteiger partial charge in [-0.3, -0.25) is 14.4 Å². The second-order valence-corrected chi connectivity index (χ2v) is 8.92. The van der Waals surface area contributed by atoms with Crippen LogP contribution in [0.5, 0.6) is 5.75 Å². The normalized spacial score (nSPS) is 28.5. The quantitative estimate of drug-likeness (QED) is 0.595. The first-order valence-electron chi connectivity index (χ1n) is 8.09. The van der Waals surface area contributed by atoms with Crippen LogP contribution in [0, 0.1) is 30.6 Å². The van der Waals surface area contributed by atoms with E-state index in [0.717, 1.165) is 6.26 Å². The molecule has 2 fully saturated rings. The summed E-state index contributed by atoms with van der Waals surface area (Å²) in [5.74, 6) is -2.83. The summed E-state index contributed by atoms with van der Waals surface area (Å²) in [6, 6.07) is 2.65. The van der Waals surface area contributed by atoms with Crippen molar-refractivity contribution in [3.8, 4) is 5.75 Å². The Kier molecular flexibility index (Phi) is 4.10. The Bertz CT molecular complexity index is 898. The molecule has 0 spiro atoms. The van der Waals surface area contributed by atoms with Gasteiger partial charge in [0, 0.05) is 29.2 Å². The third-order valence-electron chi connectivity index (χ3n) is 5.37. The van der Waals surface area contributed by atoms with Crippen LogP contribution in [-0.4, -0.2) is 39.1 Å². The molecule has 3 rings (SSSR count). The van der Waals surface area contributed by atoms with Crippen molar-refractivity contribution in [2.45, 2.75) is 25.2 Å². The molecule has 1 aromatic carbocycles. The number of Topliss-reactive ketones (excluding diaryl/α,β-unsaturated/α-hetero) is 3. The van der Waals surface area contributed by atoms with E-state index >= 15 is 0 Å². The number of ketones is 3. The minimum absolute atomic E-state index is 0.0269. The van der Waals surface area contributed by atoms with E-state index in [1.54, 1.807) is 13.8 Å². The average molecular weight is 364 g/mol. The predicted molar refractivity (Wildman–Crippen MR) is 89.4 cm³/mol. The van der Waals surface area contributed by atoms with Crippen molar-refractivity contribution < 1.29 is 27.5 Å². The highest BCUT2D eigenvalue weighted by Crippen LogP contribution is 2.51. The van der Waals surface area contributed by atoms with Crippen LogP contribution in [0.25, 0.3) is 0 Å². The Labute approximate surface area is 146 Å². The van der Waals surface area contributed by atoms with Crippen molar-refractivity contribution in [2.75, 3.05) is 13.4 Å². The Morgan fingerprint density at radius 3 is 2.40 bits per heavy atom. The molecular weight excluding hydrogens is 344 g/mol. The molecule has 2 aliphatic rings. The second kappa shape index (κ2) is 5.76. The second-order valence-electron chi connectivity index (χ2n) is 6.94. The molecule has 25 heavy (non-hydrogen) atoms. The Hall–Kier alpha value is -2.02. The molecule has 4 atom stereocenters. The van der Waals surface area contributed by atoms with E-state index in [2.05, 4.69) is 0 Å². The Morgan fingerprint density at radius 2 is 1.84 bits per heavy atom. The van der Waals surface area contributed by atoms with E-state index in [-0.39, 0.29) is 45.5 Å². The monoisotopic (exact) mass is 364 g/mol. The van der Waals surface area contributed by atoms with Crippen LogP contribution >= 0.6 is 0 Å². The van der Waals surface area contributed by atoms with E-state index in [1.807, 2.05) is 0 Å². The van der Waals surface area contributed by atoms with Gasteiger partial charge in [-0.15, -0.1) is 0 Å². The van der Waals surface area contributed by atoms with E-state index in [9.17, 15) is 22.8 Å². The standard InChI is InChI=1S/C18H20O6S/c1-8-11-7-12(11)17(21)14(15(8)19)16(20)10-5-6-13(25(4,22)23)18(24-3)9(10)2/h5-6,8,11-12,14H,7H2,1-4H3/t8-,11+,12-,14+/m1/s1. The maximum Gasteiger partial charge on any atom is 0.181 e. The highest BCUT2D eigenvalue weighted by molar-refractivity contribution is 7.90. The summed E-state index contributed by atoms with van der Waals surface area (Å²) in [6.07, 6.45) is 1.72. The summed E-state index contributed by atoms with van der Waals surface area (Å²) in [4.78, 5) is 37.9. The number of hydrogen-bond acceptors (Lipinski definition) is 6. The molecule has 134 valence electrons. The molecule has 0 bridgehead atoms. The Balaban J connectivity index is 2.06. The van der Waals surface area contributed by atoms with Gasteiger partial charge in [0.2, 0.25) is 0 Å². The van der Waals surface area contributed by atoms with Crippen LogP contribution in [0.2, 0.25) is 0 Å². The van der Waals surface area contributed by atoms with Gasteiger partial charge in [0.05, 0.1) is 7.11 Å². The lowest BCUT2D eigenvalue weighted by molar-refractivity contribution is -0.136. The molecule has 1 aromatic rings. The van der Waals surface area contributed by atoms with Crippen molar-refractivity contribution in [1.82, 2.24) is 0 Å². The van der Waals surface area contributed by atoms with Gasteiger partial charge in [0.25, 0.3) is 0 Å². The molecule has 0 aromatic heterocycles. The van der Waals surface area contributed by atoms with E-state index in [4.69, 9.17) is 4.74 Å². The summed E-state index contributed by atoms with van der Waals surface area (Å²) >= 11 is 0. The number of benzene rings is 1. The fourth-order valence-electron chi connectivity index (χ4n) is 3.82. The molecule has 7 heteroatoms. The smallest absolute Gasteiger partial charge is 0.181 e. The Morgan fingerprint density at radius 1 is 1.20 bits per heavy atom. The maximum atomic E-state index is 12.9. The summed E-state index contributed by atoms with van der Waals surface area (Å²) in [5.41, 5.74) is 0.476. The fraction of sp³-hybridized carbons (Fsp3) is 0.500. The van der Waals surface area contributed by atoms with Crippen LogP contribution in [0.1, 0.15) is 29.3 Å². The summed E-state index contributed by atoms with van der Waals surface area (Å²) in [5, 5.41) is 0. The number of carbonyl (C=O) groups is 3. The molecule has 0 radical (unpaired) electrons. The van der Waals surface area contributed by atoms with Gasteiger partial charge in [-0.25, -0.2) is 8.42 Å². The van der Waals surface area contributed by atoms with Gasteiger partial charge >= 0.3 is 0 Å². The highest BCUT2D eigenvalue weighted by Gasteiger charge is 2.58. The molecule has 0 saturated heterocycles. The summed E-state index contributed by atoms with van der Waals surface area (Å²) < 4.78 is 28.9. The average Bonchev–Trinajstić information content (AvgIpc) is 3.32. The van der Waals surface area contributed by atoms with E-state index < -0.39 is 21.5 Å². The lowest BCUT2D eigenvalue weighted by atomic mass is 9.76. The third kappa shape index (κ3) is 2.70. The number of hydrogen-bond donors (Lipinski definition) is 0. The molecule has 0 unspecified atom stereocenters. The third-order valence-corrected chi connectivity index (χ3v) is 6.49. The topological polar surface area (TPSA) is 94.6 Å². The van der Waals surface area contributed by atoms with Crippen LogP contribution < -0.4 is 4.74 Å². The molecule has 2 saturated carbocycles. The zero-order valence-electron chi connectivity index (χ0n) is 14.5. The zero-order valence-corrected chi connectivity index (χ0v) is 15.3. The van der Waals surface area contributed by atoms with Gasteiger partial charge < -0.3 is 4.74 Å². The van der Waals surface area contributed by atoms with Gasteiger partial charge in [0.1, 0.15) is 16.6 Å². The minimum atomic E-state index is -3.54. The van der Waals surface area contributed by atoms with Crippen molar-refractivity contribution in [3.63, 3.8) is 0 Å². The van der Waals surface area contributed by atoms with Crippen molar-refractivity contribution >= 4 is 27.2 Å². The molecule has 0 aliphatic heterocycles. The predicted octanol–water partition coefficient (Wildman–Crippen LogP) is 1.63. The van der Waals surface area contributed by atoms with Crippen LogP contribution in [-0.2, 0) is 19.4 Å². The zero-order chi connectivity index (χ0) is 18.7. The van der Waals surface area contributed by atoms with E-state index in [0.29, 0.717) is 12.0 Å². The van der Waals surface area contributed by atoms with Crippen molar-refractivity contribution in [3.05, 3.63) is 23.3 Å².